The highest BCUT2D eigenvalue weighted by molar-refractivity contribution is 6.05. The number of aliphatic hydroxyl groups is 1. The van der Waals surface area contributed by atoms with Crippen molar-refractivity contribution in [2.24, 2.45) is 0 Å². The molecule has 0 aliphatic carbocycles. The summed E-state index contributed by atoms with van der Waals surface area (Å²) < 4.78 is 5.56. The number of aliphatic hydroxyl groups excluding tert-OH is 1. The summed E-state index contributed by atoms with van der Waals surface area (Å²) in [7, 11) is 1.77. The van der Waals surface area contributed by atoms with Crippen LogP contribution in [0.5, 0.6) is 11.5 Å². The molecule has 0 fully saturated rings. The molecule has 0 atom stereocenters. The van der Waals surface area contributed by atoms with Gasteiger partial charge in [-0.3, -0.25) is 10.2 Å². The van der Waals surface area contributed by atoms with Gasteiger partial charge in [0.1, 0.15) is 17.3 Å². The van der Waals surface area contributed by atoms with Gasteiger partial charge in [0.15, 0.2) is 5.78 Å². The van der Waals surface area contributed by atoms with Crippen LogP contribution in [0.3, 0.4) is 0 Å². The first kappa shape index (κ1) is 23.6. The van der Waals surface area contributed by atoms with E-state index in [2.05, 4.69) is 0 Å². The summed E-state index contributed by atoms with van der Waals surface area (Å²) >= 11 is 0. The van der Waals surface area contributed by atoms with Crippen molar-refractivity contribution in [1.29, 1.82) is 5.41 Å². The molecule has 0 aromatic heterocycles. The zero-order chi connectivity index (χ0) is 23.6. The number of nitrogens with zero attached hydrogens (tertiary/aromatic N) is 2. The molecule has 0 bridgehead atoms. The molecule has 7 heteroatoms. The summed E-state index contributed by atoms with van der Waals surface area (Å²) in [6.45, 7) is 9.25. The van der Waals surface area contributed by atoms with Crippen molar-refractivity contribution in [3.8, 4) is 11.5 Å². The third-order valence-electron chi connectivity index (χ3n) is 5.72. The number of hydrogen-bond donors (Lipinski definition) is 3. The predicted molar refractivity (Wildman–Crippen MR) is 126 cm³/mol. The molecule has 0 amide bonds. The largest absolute Gasteiger partial charge is 0.505 e. The average molecular weight is 440 g/mol. The first-order valence-corrected chi connectivity index (χ1v) is 10.9. The molecule has 7 nitrogen and oxygen atoms in total. The van der Waals surface area contributed by atoms with E-state index >= 15 is 0 Å². The Morgan fingerprint density at radius 1 is 1.25 bits per heavy atom. The highest BCUT2D eigenvalue weighted by Gasteiger charge is 2.29. The number of likely N-dealkylation sites (N-methyl/N-ethyl adjacent to an activating group) is 1. The molecule has 172 valence electrons. The summed E-state index contributed by atoms with van der Waals surface area (Å²) in [6, 6.07) is 9.06. The highest BCUT2D eigenvalue weighted by Crippen LogP contribution is 2.39. The van der Waals surface area contributed by atoms with E-state index in [9.17, 15) is 15.0 Å². The Kier molecular flexibility index (Phi) is 6.79. The van der Waals surface area contributed by atoms with Crippen molar-refractivity contribution in [1.82, 2.24) is 4.90 Å². The SMILES string of the molecule is CCOc1ccc2c(c1)CN(CC(=O)c1cc(N(C)CCO)c(O)c(C(C)(C)C)c1)C2=N. The highest BCUT2D eigenvalue weighted by atomic mass is 16.5. The summed E-state index contributed by atoms with van der Waals surface area (Å²) in [6.07, 6.45) is 0. The summed E-state index contributed by atoms with van der Waals surface area (Å²) in [4.78, 5) is 16.8. The third kappa shape index (κ3) is 4.72. The minimum Gasteiger partial charge on any atom is -0.505 e. The number of amidine groups is 1. The molecule has 3 N–H and O–H groups in total. The van der Waals surface area contributed by atoms with Gasteiger partial charge in [0.2, 0.25) is 0 Å². The Hall–Kier alpha value is -3.06. The van der Waals surface area contributed by atoms with Crippen LogP contribution in [0.4, 0.5) is 5.69 Å². The van der Waals surface area contributed by atoms with Crippen LogP contribution in [-0.2, 0) is 12.0 Å². The van der Waals surface area contributed by atoms with Crippen molar-refractivity contribution in [3.05, 3.63) is 52.6 Å². The van der Waals surface area contributed by atoms with Crippen molar-refractivity contribution < 1.29 is 19.7 Å². The number of ketones is 1. The monoisotopic (exact) mass is 439 g/mol. The number of anilines is 1. The molecule has 0 unspecified atom stereocenters. The van der Waals surface area contributed by atoms with Gasteiger partial charge in [0.25, 0.3) is 0 Å². The number of aromatic hydroxyl groups is 1. The fraction of sp³-hybridized carbons (Fsp3) is 0.440. The second-order valence-electron chi connectivity index (χ2n) is 9.17. The van der Waals surface area contributed by atoms with Crippen LogP contribution < -0.4 is 9.64 Å². The minimum absolute atomic E-state index is 0.0636. The number of benzene rings is 2. The lowest BCUT2D eigenvalue weighted by atomic mass is 9.84. The average Bonchev–Trinajstić information content (AvgIpc) is 3.02. The number of phenols is 1. The standard InChI is InChI=1S/C25H33N3O4/c1-6-32-18-7-8-19-17(11-18)14-28(24(19)26)15-22(30)16-12-20(25(2,3)4)23(31)21(13-16)27(5)9-10-29/h7-8,11-13,26,29,31H,6,9-10,14-15H2,1-5H3. The Balaban J connectivity index is 1.89. The maximum atomic E-state index is 13.3. The van der Waals surface area contributed by atoms with Gasteiger partial charge in [-0.1, -0.05) is 20.8 Å². The van der Waals surface area contributed by atoms with Gasteiger partial charge in [0.05, 0.1) is 25.4 Å². The van der Waals surface area contributed by atoms with Gasteiger partial charge in [-0.2, -0.15) is 0 Å². The zero-order valence-electron chi connectivity index (χ0n) is 19.5. The van der Waals surface area contributed by atoms with Crippen LogP contribution in [0.2, 0.25) is 0 Å². The van der Waals surface area contributed by atoms with Crippen LogP contribution in [0, 0.1) is 5.41 Å². The maximum Gasteiger partial charge on any atom is 0.182 e. The van der Waals surface area contributed by atoms with E-state index < -0.39 is 0 Å². The van der Waals surface area contributed by atoms with Crippen molar-refractivity contribution >= 4 is 17.3 Å². The number of hydrogen-bond acceptors (Lipinski definition) is 6. The lowest BCUT2D eigenvalue weighted by Gasteiger charge is -2.27. The lowest BCUT2D eigenvalue weighted by Crippen LogP contribution is -2.30. The molecule has 1 heterocycles. The minimum atomic E-state index is -0.374. The zero-order valence-corrected chi connectivity index (χ0v) is 19.5. The van der Waals surface area contributed by atoms with E-state index in [0.717, 1.165) is 16.9 Å². The molecule has 32 heavy (non-hydrogen) atoms. The second-order valence-corrected chi connectivity index (χ2v) is 9.17. The molecule has 2 aromatic rings. The maximum absolute atomic E-state index is 13.3. The quantitative estimate of drug-likeness (QED) is 0.545. The van der Waals surface area contributed by atoms with Gasteiger partial charge in [-0.25, -0.2) is 0 Å². The fourth-order valence-electron chi connectivity index (χ4n) is 3.96. The number of Topliss-reactive ketones (excluding diaryl/α,β-unsaturated/α-hetero) is 1. The van der Waals surface area contributed by atoms with Crippen LogP contribution >= 0.6 is 0 Å². The first-order chi connectivity index (χ1) is 15.1. The van der Waals surface area contributed by atoms with E-state index in [0.29, 0.717) is 42.3 Å². The van der Waals surface area contributed by atoms with Gasteiger partial charge >= 0.3 is 0 Å². The van der Waals surface area contributed by atoms with Crippen molar-refractivity contribution in [2.45, 2.75) is 39.7 Å². The Morgan fingerprint density at radius 2 is 1.97 bits per heavy atom. The van der Waals surface area contributed by atoms with Crippen LogP contribution in [0.15, 0.2) is 30.3 Å². The Morgan fingerprint density at radius 3 is 2.59 bits per heavy atom. The molecule has 1 aliphatic heterocycles. The molecule has 0 radical (unpaired) electrons. The number of fused-ring (bicyclic) bond motifs is 1. The second kappa shape index (κ2) is 9.20. The van der Waals surface area contributed by atoms with Gasteiger partial charge in [-0.15, -0.1) is 0 Å². The lowest BCUT2D eigenvalue weighted by molar-refractivity contribution is 0.0962. The summed E-state index contributed by atoms with van der Waals surface area (Å²) in [5, 5.41) is 28.7. The van der Waals surface area contributed by atoms with Gasteiger partial charge < -0.3 is 24.7 Å². The Labute approximate surface area is 189 Å². The molecule has 2 aromatic carbocycles. The topological polar surface area (TPSA) is 97.1 Å². The van der Waals surface area contributed by atoms with Crippen molar-refractivity contribution in [3.63, 3.8) is 0 Å². The predicted octanol–water partition coefficient (Wildman–Crippen LogP) is 3.54. The number of nitrogens with one attached hydrogen (secondary N) is 1. The van der Waals surface area contributed by atoms with E-state index in [4.69, 9.17) is 10.1 Å². The van der Waals surface area contributed by atoms with Crippen molar-refractivity contribution in [2.75, 3.05) is 38.3 Å². The normalized spacial score (nSPS) is 13.3. The van der Waals surface area contributed by atoms with E-state index in [-0.39, 0.29) is 30.1 Å². The molecular weight excluding hydrogens is 406 g/mol. The molecule has 3 rings (SSSR count). The first-order valence-electron chi connectivity index (χ1n) is 10.9. The van der Waals surface area contributed by atoms with Gasteiger partial charge in [-0.05, 0) is 48.2 Å². The third-order valence-corrected chi connectivity index (χ3v) is 5.72. The Bertz CT molecular complexity index is 1030. The van der Waals surface area contributed by atoms with E-state index in [1.54, 1.807) is 29.0 Å². The molecule has 0 spiro atoms. The summed E-state index contributed by atoms with van der Waals surface area (Å²) in [5.74, 6) is 1.08. The number of phenolic OH excluding ortho intramolecular Hbond substituents is 1. The molecular formula is C25H33N3O4. The number of rotatable bonds is 8. The van der Waals surface area contributed by atoms with Crippen LogP contribution in [-0.4, -0.2) is 60.1 Å². The van der Waals surface area contributed by atoms with E-state index in [1.807, 2.05) is 45.9 Å². The molecule has 0 saturated heterocycles. The van der Waals surface area contributed by atoms with E-state index in [1.165, 1.54) is 0 Å². The van der Waals surface area contributed by atoms with Crippen LogP contribution in [0.25, 0.3) is 0 Å². The smallest absolute Gasteiger partial charge is 0.182 e. The molecule has 1 aliphatic rings. The molecule has 0 saturated carbocycles. The number of ether oxygens (including phenoxy) is 1. The summed E-state index contributed by atoms with van der Waals surface area (Å²) in [5.41, 5.74) is 3.07. The fourth-order valence-corrected chi connectivity index (χ4v) is 3.96. The van der Waals surface area contributed by atoms with Crippen LogP contribution in [0.1, 0.15) is 54.7 Å². The number of carbonyl (C=O) groups excluding carboxylic acids is 1. The van der Waals surface area contributed by atoms with Gasteiger partial charge in [0, 0.05) is 36.8 Å². The number of carbonyl (C=O) groups is 1.